The SMILES string of the molecule is COc1cc(C)c(S(=O)(=O)N[C@@H](CC(=O)OC(C)(C)C)C(=O)O)c(C)c1.O=C([O-])O.[Na+]. The predicted octanol–water partition coefficient (Wildman–Crippen LogP) is -2.33. The minimum absolute atomic E-state index is 0. The summed E-state index contributed by atoms with van der Waals surface area (Å²) in [4.78, 5) is 31.7. The van der Waals surface area contributed by atoms with E-state index in [0.29, 0.717) is 16.9 Å². The summed E-state index contributed by atoms with van der Waals surface area (Å²) in [5.41, 5.74) is -0.00570. The van der Waals surface area contributed by atoms with E-state index in [9.17, 15) is 23.1 Å². The quantitative estimate of drug-likeness (QED) is 0.288. The largest absolute Gasteiger partial charge is 1.00 e. The Morgan fingerprint density at radius 2 is 1.55 bits per heavy atom. The molecule has 3 N–H and O–H groups in total. The van der Waals surface area contributed by atoms with Crippen LogP contribution in [-0.2, 0) is 24.3 Å². The van der Waals surface area contributed by atoms with Gasteiger partial charge in [-0.2, -0.15) is 4.72 Å². The van der Waals surface area contributed by atoms with Crippen molar-refractivity contribution in [1.82, 2.24) is 4.72 Å². The van der Waals surface area contributed by atoms with E-state index >= 15 is 0 Å². The Morgan fingerprint density at radius 1 is 1.13 bits per heavy atom. The van der Waals surface area contributed by atoms with Crippen molar-refractivity contribution in [2.75, 3.05) is 7.11 Å². The number of rotatable bonds is 7. The van der Waals surface area contributed by atoms with E-state index in [1.165, 1.54) is 19.2 Å². The number of aliphatic carboxylic acids is 1. The van der Waals surface area contributed by atoms with Gasteiger partial charge in [-0.1, -0.05) is 0 Å². The van der Waals surface area contributed by atoms with Crippen molar-refractivity contribution in [3.8, 4) is 5.75 Å². The first-order chi connectivity index (χ1) is 13.5. The topological polar surface area (TPSA) is 179 Å². The monoisotopic (exact) mass is 471 g/mol. The number of benzene rings is 1. The van der Waals surface area contributed by atoms with Gasteiger partial charge in [0, 0.05) is 0 Å². The number of carbonyl (C=O) groups excluding carboxylic acids is 1. The van der Waals surface area contributed by atoms with Gasteiger partial charge in [0.1, 0.15) is 17.4 Å². The van der Waals surface area contributed by atoms with Gasteiger partial charge in [0.05, 0.1) is 18.4 Å². The number of ether oxygens (including phenoxy) is 2. The van der Waals surface area contributed by atoms with Crippen LogP contribution in [0.3, 0.4) is 0 Å². The third-order valence-corrected chi connectivity index (χ3v) is 5.10. The molecular formula is C18H26NNaO10S. The molecular weight excluding hydrogens is 445 g/mol. The number of sulfonamides is 1. The maximum atomic E-state index is 12.7. The molecule has 0 aliphatic carbocycles. The summed E-state index contributed by atoms with van der Waals surface area (Å²) in [6.45, 7) is 8.06. The van der Waals surface area contributed by atoms with Crippen LogP contribution in [0.15, 0.2) is 17.0 Å². The minimum atomic E-state index is -4.17. The third-order valence-electron chi connectivity index (χ3n) is 3.32. The van der Waals surface area contributed by atoms with Crippen LogP contribution in [0.4, 0.5) is 4.79 Å². The van der Waals surface area contributed by atoms with Crippen molar-refractivity contribution in [3.05, 3.63) is 23.3 Å². The van der Waals surface area contributed by atoms with Gasteiger partial charge in [-0.15, -0.1) is 0 Å². The van der Waals surface area contributed by atoms with Crippen LogP contribution in [0.2, 0.25) is 0 Å². The summed E-state index contributed by atoms with van der Waals surface area (Å²) in [5.74, 6) is -1.79. The van der Waals surface area contributed by atoms with Gasteiger partial charge in [0.2, 0.25) is 16.2 Å². The molecule has 1 aromatic rings. The summed E-state index contributed by atoms with van der Waals surface area (Å²) in [6, 6.07) is 1.42. The molecule has 0 spiro atoms. The Bertz CT molecular complexity index is 866. The normalized spacial score (nSPS) is 11.8. The fourth-order valence-corrected chi connectivity index (χ4v) is 4.07. The summed E-state index contributed by atoms with van der Waals surface area (Å²) in [5, 5.41) is 24.6. The summed E-state index contributed by atoms with van der Waals surface area (Å²) < 4.78 is 37.6. The number of hydrogen-bond donors (Lipinski definition) is 3. The average molecular weight is 471 g/mol. The number of nitrogens with one attached hydrogen (secondary N) is 1. The van der Waals surface area contributed by atoms with Crippen LogP contribution in [-0.4, -0.2) is 55.5 Å². The first kappa shape index (κ1) is 31.3. The Kier molecular flexibility index (Phi) is 13.0. The number of aryl methyl sites for hydroxylation is 2. The number of esters is 1. The first-order valence-electron chi connectivity index (χ1n) is 8.52. The van der Waals surface area contributed by atoms with Gasteiger partial charge in [0.15, 0.2) is 0 Å². The molecule has 1 atom stereocenters. The number of hydrogen-bond acceptors (Lipinski definition) is 8. The third kappa shape index (κ3) is 11.9. The van der Waals surface area contributed by atoms with E-state index in [1.807, 2.05) is 0 Å². The van der Waals surface area contributed by atoms with Crippen molar-refractivity contribution in [1.29, 1.82) is 0 Å². The van der Waals surface area contributed by atoms with Crippen molar-refractivity contribution < 1.29 is 77.2 Å². The number of methoxy groups -OCH3 is 1. The molecule has 0 heterocycles. The Balaban J connectivity index is 0. The van der Waals surface area contributed by atoms with Crippen LogP contribution in [0.1, 0.15) is 38.3 Å². The number of carbonyl (C=O) groups is 3. The Hall–Kier alpha value is -1.86. The van der Waals surface area contributed by atoms with Gasteiger partial charge < -0.3 is 29.6 Å². The molecule has 0 aliphatic heterocycles. The summed E-state index contributed by atoms with van der Waals surface area (Å²) >= 11 is 0. The molecule has 0 aromatic heterocycles. The molecule has 0 amide bonds. The zero-order valence-electron chi connectivity index (χ0n) is 18.5. The van der Waals surface area contributed by atoms with Crippen molar-refractivity contribution >= 4 is 28.1 Å². The van der Waals surface area contributed by atoms with Crippen molar-refractivity contribution in [3.63, 3.8) is 0 Å². The van der Waals surface area contributed by atoms with Crippen LogP contribution in [0, 0.1) is 13.8 Å². The van der Waals surface area contributed by atoms with E-state index in [0.717, 1.165) is 0 Å². The molecule has 170 valence electrons. The van der Waals surface area contributed by atoms with Crippen LogP contribution < -0.4 is 44.1 Å². The maximum Gasteiger partial charge on any atom is 1.00 e. The molecule has 0 unspecified atom stereocenters. The molecule has 0 saturated carbocycles. The zero-order valence-corrected chi connectivity index (χ0v) is 21.3. The number of carboxylic acids is 1. The fraction of sp³-hybridized carbons (Fsp3) is 0.500. The molecule has 0 radical (unpaired) electrons. The summed E-state index contributed by atoms with van der Waals surface area (Å²) in [6.07, 6.45) is -2.71. The second-order valence-electron chi connectivity index (χ2n) is 7.16. The Labute approximate surface area is 203 Å². The maximum absolute atomic E-state index is 12.7. The summed E-state index contributed by atoms with van der Waals surface area (Å²) in [7, 11) is -2.71. The van der Waals surface area contributed by atoms with Crippen LogP contribution >= 0.6 is 0 Å². The van der Waals surface area contributed by atoms with Gasteiger partial charge in [-0.3, -0.25) is 9.59 Å². The predicted molar refractivity (Wildman–Crippen MR) is 103 cm³/mol. The van der Waals surface area contributed by atoms with Gasteiger partial charge in [-0.05, 0) is 57.9 Å². The van der Waals surface area contributed by atoms with Gasteiger partial charge >= 0.3 is 41.5 Å². The van der Waals surface area contributed by atoms with E-state index < -0.39 is 46.2 Å². The van der Waals surface area contributed by atoms with Crippen molar-refractivity contribution in [2.45, 2.75) is 57.6 Å². The van der Waals surface area contributed by atoms with E-state index in [4.69, 9.17) is 24.5 Å². The van der Waals surface area contributed by atoms with E-state index in [-0.39, 0.29) is 34.5 Å². The molecule has 13 heteroatoms. The molecule has 0 bridgehead atoms. The second-order valence-corrected chi connectivity index (χ2v) is 8.81. The molecule has 0 saturated heterocycles. The average Bonchev–Trinajstić information content (AvgIpc) is 2.50. The molecule has 1 aromatic carbocycles. The van der Waals surface area contributed by atoms with E-state index in [1.54, 1.807) is 34.6 Å². The standard InChI is InChI=1S/C17H25NO7S.CH2O3.Na/c1-10-7-12(24-6)8-11(2)15(10)26(22,23)18-13(16(20)21)9-14(19)25-17(3,4)5;2-1(3)4;/h7-8,13,18H,9H2,1-6H3,(H,20,21);(H2,2,3,4);/q;;+1/p-1/t13-;;/m0../s1. The molecule has 0 aliphatic rings. The van der Waals surface area contributed by atoms with Crippen molar-refractivity contribution in [2.24, 2.45) is 0 Å². The van der Waals surface area contributed by atoms with Gasteiger partial charge in [-0.25, -0.2) is 8.42 Å². The minimum Gasteiger partial charge on any atom is -0.565 e. The molecule has 11 nitrogen and oxygen atoms in total. The number of carboxylic acid groups (broad SMARTS) is 3. The zero-order chi connectivity index (χ0) is 23.9. The smallest absolute Gasteiger partial charge is 0.565 e. The van der Waals surface area contributed by atoms with Crippen LogP contribution in [0.25, 0.3) is 0 Å². The van der Waals surface area contributed by atoms with E-state index in [2.05, 4.69) is 4.72 Å². The van der Waals surface area contributed by atoms with Crippen LogP contribution in [0.5, 0.6) is 5.75 Å². The first-order valence-corrected chi connectivity index (χ1v) is 10.0. The second kappa shape index (κ2) is 12.9. The fourth-order valence-electron chi connectivity index (χ4n) is 2.43. The molecule has 1 rings (SSSR count). The Morgan fingerprint density at radius 3 is 1.87 bits per heavy atom. The molecule has 0 fully saturated rings. The van der Waals surface area contributed by atoms with Gasteiger partial charge in [0.25, 0.3) is 0 Å². The molecule has 31 heavy (non-hydrogen) atoms.